The lowest BCUT2D eigenvalue weighted by Crippen LogP contribution is -2.62. The fraction of sp³-hybridized carbons (Fsp3) is 0.462. The largest absolute Gasteiger partial charge is 0.354 e. The lowest BCUT2D eigenvalue weighted by atomic mass is 10.0. The monoisotopic (exact) mass is 267 g/mol. The minimum absolute atomic E-state index is 0.0185. The minimum Gasteiger partial charge on any atom is -0.354 e. The molecule has 0 aliphatic carbocycles. The maximum Gasteiger partial charge on any atom is 0.244 e. The molecule has 1 aromatic rings. The van der Waals surface area contributed by atoms with Gasteiger partial charge in [-0.05, 0) is 31.5 Å². The van der Waals surface area contributed by atoms with Crippen molar-refractivity contribution in [1.29, 1.82) is 0 Å². The molecule has 0 aromatic heterocycles. The van der Waals surface area contributed by atoms with Crippen LogP contribution in [0, 0.1) is 6.92 Å². The van der Waals surface area contributed by atoms with Crippen LogP contribution in [0.4, 0.5) is 5.69 Å². The number of hydrogen-bond acceptors (Lipinski definition) is 3. The smallest absolute Gasteiger partial charge is 0.244 e. The molecule has 2 rings (SSSR count). The van der Waals surface area contributed by atoms with E-state index in [1.807, 2.05) is 25.1 Å². The molecule has 0 saturated carbocycles. The molecule has 1 aliphatic heterocycles. The van der Waals surface area contributed by atoms with Crippen LogP contribution >= 0.6 is 11.6 Å². The van der Waals surface area contributed by atoms with Gasteiger partial charge < -0.3 is 16.0 Å². The molecule has 18 heavy (non-hydrogen) atoms. The summed E-state index contributed by atoms with van der Waals surface area (Å²) in [4.78, 5) is 14.0. The molecule has 3 N–H and O–H groups in total. The van der Waals surface area contributed by atoms with Crippen LogP contribution in [0.5, 0.6) is 0 Å². The molecule has 1 saturated heterocycles. The number of carbonyl (C=O) groups is 1. The molecule has 1 aromatic carbocycles. The van der Waals surface area contributed by atoms with Crippen molar-refractivity contribution in [3.8, 4) is 0 Å². The zero-order valence-electron chi connectivity index (χ0n) is 10.6. The zero-order valence-corrected chi connectivity index (χ0v) is 11.4. The van der Waals surface area contributed by atoms with Gasteiger partial charge in [-0.25, -0.2) is 0 Å². The Labute approximate surface area is 112 Å². The topological polar surface area (TPSA) is 58.4 Å². The molecule has 1 aliphatic rings. The van der Waals surface area contributed by atoms with Crippen LogP contribution in [0.3, 0.4) is 0 Å². The van der Waals surface area contributed by atoms with Crippen molar-refractivity contribution in [2.45, 2.75) is 25.9 Å². The van der Waals surface area contributed by atoms with Crippen molar-refractivity contribution in [1.82, 2.24) is 5.32 Å². The van der Waals surface area contributed by atoms with Crippen molar-refractivity contribution >= 4 is 23.2 Å². The molecule has 1 heterocycles. The van der Waals surface area contributed by atoms with Gasteiger partial charge in [0.15, 0.2) is 0 Å². The van der Waals surface area contributed by atoms with E-state index in [2.05, 4.69) is 17.1 Å². The predicted molar refractivity (Wildman–Crippen MR) is 74.0 cm³/mol. The summed E-state index contributed by atoms with van der Waals surface area (Å²) < 4.78 is 0. The highest BCUT2D eigenvalue weighted by molar-refractivity contribution is 6.31. The van der Waals surface area contributed by atoms with Crippen molar-refractivity contribution < 1.29 is 4.79 Å². The molecule has 4 nitrogen and oxygen atoms in total. The van der Waals surface area contributed by atoms with E-state index in [1.165, 1.54) is 0 Å². The second kappa shape index (κ2) is 5.16. The van der Waals surface area contributed by atoms with Gasteiger partial charge in [0.25, 0.3) is 0 Å². The molecular weight excluding hydrogens is 250 g/mol. The SMILES string of the molecule is Cc1c(Cl)cccc1N1C(C)CNC(=O)C1CN. The van der Waals surface area contributed by atoms with E-state index in [9.17, 15) is 4.79 Å². The summed E-state index contributed by atoms with van der Waals surface area (Å²) in [5.41, 5.74) is 7.71. The summed E-state index contributed by atoms with van der Waals surface area (Å²) in [5, 5.41) is 3.58. The van der Waals surface area contributed by atoms with Gasteiger partial charge in [0.05, 0.1) is 0 Å². The van der Waals surface area contributed by atoms with Crippen LogP contribution in [-0.2, 0) is 4.79 Å². The van der Waals surface area contributed by atoms with Gasteiger partial charge >= 0.3 is 0 Å². The molecule has 1 amide bonds. The average Bonchev–Trinajstić information content (AvgIpc) is 2.36. The van der Waals surface area contributed by atoms with Crippen molar-refractivity contribution in [3.63, 3.8) is 0 Å². The number of benzene rings is 1. The highest BCUT2D eigenvalue weighted by atomic mass is 35.5. The van der Waals surface area contributed by atoms with Gasteiger partial charge in [0.1, 0.15) is 6.04 Å². The molecule has 0 spiro atoms. The van der Waals surface area contributed by atoms with E-state index in [4.69, 9.17) is 17.3 Å². The lowest BCUT2D eigenvalue weighted by Gasteiger charge is -2.42. The van der Waals surface area contributed by atoms with Crippen LogP contribution < -0.4 is 16.0 Å². The standard InChI is InChI=1S/C13H18ClN3O/c1-8-7-16-13(18)12(6-15)17(8)11-5-3-4-10(14)9(11)2/h3-5,8,12H,6-7,15H2,1-2H3,(H,16,18). The molecule has 2 unspecified atom stereocenters. The summed E-state index contributed by atoms with van der Waals surface area (Å²) in [5.74, 6) is -0.0185. The third-order valence-electron chi connectivity index (χ3n) is 3.43. The number of nitrogens with one attached hydrogen (secondary N) is 1. The summed E-state index contributed by atoms with van der Waals surface area (Å²) in [6.07, 6.45) is 0. The van der Waals surface area contributed by atoms with Gasteiger partial charge in [-0.3, -0.25) is 4.79 Å². The van der Waals surface area contributed by atoms with Crippen LogP contribution in [-0.4, -0.2) is 31.1 Å². The van der Waals surface area contributed by atoms with Gasteiger partial charge in [-0.15, -0.1) is 0 Å². The Morgan fingerprint density at radius 2 is 2.28 bits per heavy atom. The third kappa shape index (κ3) is 2.18. The molecule has 0 radical (unpaired) electrons. The quantitative estimate of drug-likeness (QED) is 0.849. The van der Waals surface area contributed by atoms with E-state index in [0.29, 0.717) is 18.1 Å². The summed E-state index contributed by atoms with van der Waals surface area (Å²) in [6.45, 7) is 4.95. The minimum atomic E-state index is -0.328. The van der Waals surface area contributed by atoms with E-state index in [0.717, 1.165) is 11.3 Å². The van der Waals surface area contributed by atoms with Crippen LogP contribution in [0.2, 0.25) is 5.02 Å². The number of piperazine rings is 1. The Morgan fingerprint density at radius 1 is 1.56 bits per heavy atom. The van der Waals surface area contributed by atoms with Crippen molar-refractivity contribution in [2.75, 3.05) is 18.0 Å². The van der Waals surface area contributed by atoms with Gasteiger partial charge in [-0.2, -0.15) is 0 Å². The highest BCUT2D eigenvalue weighted by Crippen LogP contribution is 2.30. The third-order valence-corrected chi connectivity index (χ3v) is 3.83. The zero-order chi connectivity index (χ0) is 13.3. The molecule has 98 valence electrons. The normalized spacial score (nSPS) is 24.0. The first kappa shape index (κ1) is 13.2. The van der Waals surface area contributed by atoms with E-state index in [-0.39, 0.29) is 18.0 Å². The Balaban J connectivity index is 2.45. The average molecular weight is 268 g/mol. The Bertz CT molecular complexity index is 464. The summed E-state index contributed by atoms with van der Waals surface area (Å²) in [7, 11) is 0. The number of hydrogen-bond donors (Lipinski definition) is 2. The van der Waals surface area contributed by atoms with E-state index < -0.39 is 0 Å². The number of nitrogens with two attached hydrogens (primary N) is 1. The molecule has 5 heteroatoms. The molecular formula is C13H18ClN3O. The first-order valence-electron chi connectivity index (χ1n) is 6.07. The number of carbonyl (C=O) groups excluding carboxylic acids is 1. The fourth-order valence-corrected chi connectivity index (χ4v) is 2.57. The van der Waals surface area contributed by atoms with E-state index in [1.54, 1.807) is 0 Å². The Morgan fingerprint density at radius 3 is 2.94 bits per heavy atom. The van der Waals surface area contributed by atoms with Crippen LogP contribution in [0.25, 0.3) is 0 Å². The number of anilines is 1. The van der Waals surface area contributed by atoms with Crippen LogP contribution in [0.1, 0.15) is 12.5 Å². The summed E-state index contributed by atoms with van der Waals surface area (Å²) in [6, 6.07) is 5.61. The predicted octanol–water partition coefficient (Wildman–Crippen LogP) is 1.30. The fourth-order valence-electron chi connectivity index (χ4n) is 2.40. The van der Waals surface area contributed by atoms with Gasteiger partial charge in [0, 0.05) is 29.8 Å². The number of halogens is 1. The first-order valence-corrected chi connectivity index (χ1v) is 6.45. The summed E-state index contributed by atoms with van der Waals surface area (Å²) >= 11 is 6.15. The number of rotatable bonds is 2. The molecule has 2 atom stereocenters. The maximum atomic E-state index is 11.9. The second-order valence-corrected chi connectivity index (χ2v) is 5.04. The van der Waals surface area contributed by atoms with Crippen LogP contribution in [0.15, 0.2) is 18.2 Å². The number of nitrogens with zero attached hydrogens (tertiary/aromatic N) is 1. The van der Waals surface area contributed by atoms with Gasteiger partial charge in [-0.1, -0.05) is 17.7 Å². The highest BCUT2D eigenvalue weighted by Gasteiger charge is 2.34. The first-order chi connectivity index (χ1) is 8.56. The Hall–Kier alpha value is -1.26. The second-order valence-electron chi connectivity index (χ2n) is 4.64. The van der Waals surface area contributed by atoms with E-state index >= 15 is 0 Å². The van der Waals surface area contributed by atoms with Crippen molar-refractivity contribution in [2.24, 2.45) is 5.73 Å². The molecule has 0 bridgehead atoms. The Kier molecular flexibility index (Phi) is 3.78. The lowest BCUT2D eigenvalue weighted by molar-refractivity contribution is -0.123. The maximum absolute atomic E-state index is 11.9. The number of amides is 1. The molecule has 1 fully saturated rings. The van der Waals surface area contributed by atoms with Gasteiger partial charge in [0.2, 0.25) is 5.91 Å². The van der Waals surface area contributed by atoms with Crippen molar-refractivity contribution in [3.05, 3.63) is 28.8 Å².